The second kappa shape index (κ2) is 13.9. The van der Waals surface area contributed by atoms with Gasteiger partial charge in [0.05, 0.1) is 11.4 Å². The van der Waals surface area contributed by atoms with Gasteiger partial charge in [0.25, 0.3) is 5.91 Å². The van der Waals surface area contributed by atoms with Gasteiger partial charge in [0.1, 0.15) is 0 Å². The van der Waals surface area contributed by atoms with Gasteiger partial charge in [-0.15, -0.1) is 0 Å². The number of amides is 2. The molecule has 184 valence electrons. The van der Waals surface area contributed by atoms with Crippen LogP contribution in [0, 0.1) is 17.8 Å². The lowest BCUT2D eigenvalue weighted by Crippen LogP contribution is -2.41. The molecule has 0 fully saturated rings. The maximum absolute atomic E-state index is 12.7. The number of allylic oxidation sites excluding steroid dienone is 1. The molecule has 0 saturated heterocycles. The van der Waals surface area contributed by atoms with Crippen molar-refractivity contribution in [3.8, 4) is 0 Å². The minimum Gasteiger partial charge on any atom is -0.459 e. The second-order valence-electron chi connectivity index (χ2n) is 8.67. The van der Waals surface area contributed by atoms with Gasteiger partial charge in [-0.05, 0) is 62.7 Å². The van der Waals surface area contributed by atoms with Crippen molar-refractivity contribution >= 4 is 23.2 Å². The van der Waals surface area contributed by atoms with Gasteiger partial charge in [-0.3, -0.25) is 9.59 Å². The molecule has 1 unspecified atom stereocenters. The first-order valence-corrected chi connectivity index (χ1v) is 11.9. The summed E-state index contributed by atoms with van der Waals surface area (Å²) in [5.74, 6) is 0.422. The lowest BCUT2D eigenvalue weighted by Gasteiger charge is -2.38. The number of carbonyl (C=O) groups excluding carboxylic acids is 2. The fourth-order valence-electron chi connectivity index (χ4n) is 4.05. The molecule has 2 rings (SSSR count). The molecule has 0 bridgehead atoms. The lowest BCUT2D eigenvalue weighted by molar-refractivity contribution is -0.175. The number of hydrogen-bond acceptors (Lipinski definition) is 6. The summed E-state index contributed by atoms with van der Waals surface area (Å²) < 4.78 is 11.7. The topological polar surface area (TPSA) is 123 Å². The molecule has 0 spiro atoms. The molecule has 1 aliphatic rings. The first-order chi connectivity index (χ1) is 15.9. The highest BCUT2D eigenvalue weighted by atomic mass is 16.7. The second-order valence-corrected chi connectivity index (χ2v) is 8.67. The molecule has 0 saturated carbocycles. The zero-order valence-electron chi connectivity index (χ0n) is 20.0. The maximum Gasteiger partial charge on any atom is 0.286 e. The summed E-state index contributed by atoms with van der Waals surface area (Å²) in [7, 11) is 0. The maximum atomic E-state index is 12.7. The number of nitrogen functional groups attached to an aromatic ring is 1. The average molecular weight is 462 g/mol. The van der Waals surface area contributed by atoms with E-state index < -0.39 is 6.29 Å². The van der Waals surface area contributed by atoms with E-state index in [0.717, 1.165) is 6.42 Å². The number of anilines is 2. The van der Waals surface area contributed by atoms with E-state index in [9.17, 15) is 14.7 Å². The summed E-state index contributed by atoms with van der Waals surface area (Å²) in [4.78, 5) is 24.8. The molecule has 3 atom stereocenters. The fraction of sp³-hybridized carbons (Fsp3) is 0.600. The number of aliphatic hydroxyl groups is 1. The van der Waals surface area contributed by atoms with E-state index in [-0.39, 0.29) is 36.0 Å². The Kier molecular flexibility index (Phi) is 11.2. The number of carbonyl (C=O) groups is 2. The SMILES string of the molecule is CCOC1OC(C(=O)NCCCCC(=O)Nc2ccccc2N)=C[C@@H](C(C)C)[C@@H]1CCCO. The Morgan fingerprint density at radius 1 is 1.21 bits per heavy atom. The first kappa shape index (κ1) is 26.7. The number of nitrogens with two attached hydrogens (primary N) is 1. The van der Waals surface area contributed by atoms with Crippen molar-refractivity contribution in [2.75, 3.05) is 30.8 Å². The molecule has 1 aromatic carbocycles. The Balaban J connectivity index is 1.83. The van der Waals surface area contributed by atoms with Gasteiger partial charge in [0.15, 0.2) is 5.76 Å². The fourth-order valence-corrected chi connectivity index (χ4v) is 4.05. The van der Waals surface area contributed by atoms with Gasteiger partial charge in [-0.1, -0.05) is 26.0 Å². The van der Waals surface area contributed by atoms with Gasteiger partial charge < -0.3 is 30.9 Å². The Labute approximate surface area is 196 Å². The van der Waals surface area contributed by atoms with Crippen LogP contribution in [0.5, 0.6) is 0 Å². The Morgan fingerprint density at radius 2 is 1.97 bits per heavy atom. The third kappa shape index (κ3) is 8.37. The highest BCUT2D eigenvalue weighted by molar-refractivity contribution is 5.93. The molecular weight excluding hydrogens is 422 g/mol. The summed E-state index contributed by atoms with van der Waals surface area (Å²) in [6.45, 7) is 7.18. The number of para-hydroxylation sites is 2. The van der Waals surface area contributed by atoms with Crippen molar-refractivity contribution in [2.45, 2.75) is 59.2 Å². The van der Waals surface area contributed by atoms with Crippen LogP contribution in [0.3, 0.4) is 0 Å². The predicted molar refractivity (Wildman–Crippen MR) is 129 cm³/mol. The van der Waals surface area contributed by atoms with Gasteiger partial charge in [-0.2, -0.15) is 0 Å². The highest BCUT2D eigenvalue weighted by Gasteiger charge is 2.38. The van der Waals surface area contributed by atoms with Crippen molar-refractivity contribution in [3.05, 3.63) is 36.1 Å². The van der Waals surface area contributed by atoms with Gasteiger partial charge >= 0.3 is 0 Å². The zero-order chi connectivity index (χ0) is 24.2. The van der Waals surface area contributed by atoms with Crippen molar-refractivity contribution in [1.29, 1.82) is 0 Å². The van der Waals surface area contributed by atoms with E-state index in [1.807, 2.05) is 25.1 Å². The zero-order valence-corrected chi connectivity index (χ0v) is 20.0. The summed E-state index contributed by atoms with van der Waals surface area (Å²) in [6, 6.07) is 7.13. The molecule has 0 aromatic heterocycles. The Bertz CT molecular complexity index is 796. The normalized spacial score (nSPS) is 20.2. The van der Waals surface area contributed by atoms with Crippen molar-refractivity contribution in [2.24, 2.45) is 17.8 Å². The molecule has 8 heteroatoms. The number of hydrogen-bond donors (Lipinski definition) is 4. The number of ether oxygens (including phenoxy) is 2. The highest BCUT2D eigenvalue weighted by Crippen LogP contribution is 2.37. The predicted octanol–water partition coefficient (Wildman–Crippen LogP) is 3.43. The van der Waals surface area contributed by atoms with E-state index in [1.54, 1.807) is 12.1 Å². The van der Waals surface area contributed by atoms with Crippen LogP contribution < -0.4 is 16.4 Å². The summed E-state index contributed by atoms with van der Waals surface area (Å²) in [6.07, 6.45) is 4.48. The average Bonchev–Trinajstić information content (AvgIpc) is 2.79. The lowest BCUT2D eigenvalue weighted by atomic mass is 9.78. The van der Waals surface area contributed by atoms with Gasteiger partial charge in [-0.25, -0.2) is 0 Å². The standard InChI is InChI=1S/C25H39N3O5/c1-4-32-25-18(10-9-15-29)19(17(2)3)16-22(33-25)24(31)27-14-8-7-13-23(30)28-21-12-6-5-11-20(21)26/h5-6,11-12,16-19,25,29H,4,7-10,13-15,26H2,1-3H3,(H,27,31)(H,28,30)/t18-,19-,25?/m0/s1. The van der Waals surface area contributed by atoms with Crippen LogP contribution >= 0.6 is 0 Å². The van der Waals surface area contributed by atoms with E-state index in [1.165, 1.54) is 0 Å². The monoisotopic (exact) mass is 461 g/mol. The van der Waals surface area contributed by atoms with Crippen LogP contribution in [0.1, 0.15) is 52.9 Å². The van der Waals surface area contributed by atoms with E-state index >= 15 is 0 Å². The van der Waals surface area contributed by atoms with Crippen LogP contribution in [0.25, 0.3) is 0 Å². The molecule has 1 heterocycles. The van der Waals surface area contributed by atoms with Crippen molar-refractivity contribution in [3.63, 3.8) is 0 Å². The summed E-state index contributed by atoms with van der Waals surface area (Å²) in [5.41, 5.74) is 6.98. The number of aliphatic hydroxyl groups excluding tert-OH is 1. The number of rotatable bonds is 13. The smallest absolute Gasteiger partial charge is 0.286 e. The molecule has 33 heavy (non-hydrogen) atoms. The molecule has 5 N–H and O–H groups in total. The molecule has 0 radical (unpaired) electrons. The molecule has 1 aromatic rings. The minimum absolute atomic E-state index is 0.0887. The number of nitrogens with one attached hydrogen (secondary N) is 2. The van der Waals surface area contributed by atoms with Crippen LogP contribution in [-0.4, -0.2) is 43.0 Å². The molecule has 8 nitrogen and oxygen atoms in total. The molecular formula is C25H39N3O5. The van der Waals surface area contributed by atoms with E-state index in [4.69, 9.17) is 15.2 Å². The minimum atomic E-state index is -0.506. The Hall–Kier alpha value is -2.58. The van der Waals surface area contributed by atoms with E-state index in [0.29, 0.717) is 56.1 Å². The number of benzene rings is 1. The van der Waals surface area contributed by atoms with Crippen molar-refractivity contribution < 1.29 is 24.2 Å². The quantitative estimate of drug-likeness (QED) is 0.264. The summed E-state index contributed by atoms with van der Waals surface area (Å²) in [5, 5.41) is 14.9. The van der Waals surface area contributed by atoms with Crippen LogP contribution in [0.15, 0.2) is 36.1 Å². The molecule has 2 amide bonds. The number of unbranched alkanes of at least 4 members (excludes halogenated alkanes) is 1. The third-order valence-corrected chi connectivity index (χ3v) is 5.80. The van der Waals surface area contributed by atoms with Gasteiger partial charge in [0, 0.05) is 32.1 Å². The van der Waals surface area contributed by atoms with E-state index in [2.05, 4.69) is 24.5 Å². The van der Waals surface area contributed by atoms with Crippen LogP contribution in [0.4, 0.5) is 11.4 Å². The largest absolute Gasteiger partial charge is 0.459 e. The molecule has 0 aliphatic carbocycles. The van der Waals surface area contributed by atoms with Crippen LogP contribution in [-0.2, 0) is 19.1 Å². The van der Waals surface area contributed by atoms with Crippen molar-refractivity contribution in [1.82, 2.24) is 5.32 Å². The Morgan fingerprint density at radius 3 is 2.64 bits per heavy atom. The van der Waals surface area contributed by atoms with Gasteiger partial charge in [0.2, 0.25) is 12.2 Å². The first-order valence-electron chi connectivity index (χ1n) is 11.9. The summed E-state index contributed by atoms with van der Waals surface area (Å²) >= 11 is 0. The van der Waals surface area contributed by atoms with Crippen LogP contribution in [0.2, 0.25) is 0 Å². The third-order valence-electron chi connectivity index (χ3n) is 5.80. The molecule has 1 aliphatic heterocycles.